The Kier molecular flexibility index (Phi) is 12.3. The second kappa shape index (κ2) is 15.7. The summed E-state index contributed by atoms with van der Waals surface area (Å²) in [5, 5.41) is 18.4. The molecule has 3 rings (SSSR count). The molecule has 11 nitrogen and oxygen atoms in total. The summed E-state index contributed by atoms with van der Waals surface area (Å²) in [6, 6.07) is 4.35. The Labute approximate surface area is 262 Å². The van der Waals surface area contributed by atoms with Crippen molar-refractivity contribution >= 4 is 35.2 Å². The van der Waals surface area contributed by atoms with E-state index in [9.17, 15) is 24.3 Å². The van der Waals surface area contributed by atoms with E-state index < -0.39 is 30.0 Å². The molecule has 0 aliphatic heterocycles. The number of benzene rings is 1. The van der Waals surface area contributed by atoms with Gasteiger partial charge >= 0.3 is 5.97 Å². The van der Waals surface area contributed by atoms with Crippen LogP contribution in [0.3, 0.4) is 0 Å². The molecule has 1 aliphatic rings. The first-order chi connectivity index (χ1) is 20.9. The molecule has 0 fully saturated rings. The van der Waals surface area contributed by atoms with Crippen LogP contribution in [0.25, 0.3) is 11.1 Å². The van der Waals surface area contributed by atoms with Gasteiger partial charge in [0.2, 0.25) is 23.0 Å². The number of amides is 2. The number of carbonyl (C=O) groups excluding carboxylic acids is 2. The van der Waals surface area contributed by atoms with Gasteiger partial charge in [0.05, 0.1) is 33.1 Å². The van der Waals surface area contributed by atoms with Gasteiger partial charge in [-0.1, -0.05) is 19.9 Å². The van der Waals surface area contributed by atoms with E-state index in [1.807, 2.05) is 26.2 Å². The van der Waals surface area contributed by atoms with Gasteiger partial charge in [0, 0.05) is 12.5 Å². The fraction of sp³-hybridized carbons (Fsp3) is 0.500. The number of aryl methyl sites for hydroxylation is 1. The summed E-state index contributed by atoms with van der Waals surface area (Å²) in [7, 11) is 4.59. The fourth-order valence-corrected chi connectivity index (χ4v) is 5.95. The lowest BCUT2D eigenvalue weighted by atomic mass is 9.95. The first-order valence-corrected chi connectivity index (χ1v) is 15.9. The predicted molar refractivity (Wildman–Crippen MR) is 172 cm³/mol. The lowest BCUT2D eigenvalue weighted by Crippen LogP contribution is -2.48. The Balaban J connectivity index is 2.17. The molecule has 0 heterocycles. The van der Waals surface area contributed by atoms with Crippen molar-refractivity contribution in [2.75, 3.05) is 38.7 Å². The number of hydrogen-bond donors (Lipinski definition) is 4. The number of ether oxygens (including phenoxy) is 3. The van der Waals surface area contributed by atoms with E-state index in [4.69, 9.17) is 14.2 Å². The van der Waals surface area contributed by atoms with Gasteiger partial charge in [0.15, 0.2) is 11.5 Å². The average Bonchev–Trinajstić information content (AvgIpc) is 3.21. The van der Waals surface area contributed by atoms with Crippen LogP contribution in [0.1, 0.15) is 57.2 Å². The third kappa shape index (κ3) is 8.16. The molecule has 4 N–H and O–H groups in total. The summed E-state index contributed by atoms with van der Waals surface area (Å²) in [5.41, 5.74) is 2.64. The average molecular weight is 630 g/mol. The molecule has 0 bridgehead atoms. The highest BCUT2D eigenvalue weighted by Gasteiger charge is 2.30. The highest BCUT2D eigenvalue weighted by molar-refractivity contribution is 7.98. The van der Waals surface area contributed by atoms with E-state index in [1.165, 1.54) is 39.0 Å². The topological polar surface area (TPSA) is 152 Å². The molecular formula is C32H43N3O8S. The minimum Gasteiger partial charge on any atom is -0.493 e. The second-order valence-corrected chi connectivity index (χ2v) is 12.1. The number of fused-ring (bicyclic) bond motifs is 3. The molecule has 240 valence electrons. The smallest absolute Gasteiger partial charge is 0.326 e. The van der Waals surface area contributed by atoms with Crippen molar-refractivity contribution in [2.24, 2.45) is 5.92 Å². The second-order valence-electron chi connectivity index (χ2n) is 11.1. The van der Waals surface area contributed by atoms with Gasteiger partial charge in [-0.25, -0.2) is 4.79 Å². The van der Waals surface area contributed by atoms with Crippen molar-refractivity contribution in [3.8, 4) is 28.4 Å². The summed E-state index contributed by atoms with van der Waals surface area (Å²) in [4.78, 5) is 51.2. The maximum absolute atomic E-state index is 13.8. The number of aliphatic carboxylic acids is 1. The van der Waals surface area contributed by atoms with Gasteiger partial charge in [-0.05, 0) is 78.5 Å². The van der Waals surface area contributed by atoms with Crippen LogP contribution in [-0.4, -0.2) is 68.3 Å². The first-order valence-electron chi connectivity index (χ1n) is 14.5. The zero-order valence-electron chi connectivity index (χ0n) is 26.4. The third-order valence-corrected chi connectivity index (χ3v) is 8.14. The van der Waals surface area contributed by atoms with Gasteiger partial charge in [0.1, 0.15) is 12.1 Å². The SMILES string of the molecule is COc1cc2c(c(OC)c1OC)-c1ccc(N[C@H](CC(C)C)C(=O)N[C@H](CCSC)C(=O)O)c(=O)cc1[C@H](NC(C)=O)CC2. The molecule has 0 aromatic heterocycles. The summed E-state index contributed by atoms with van der Waals surface area (Å²) in [6.45, 7) is 5.31. The number of hydrogen-bond acceptors (Lipinski definition) is 9. The Hall–Kier alpha value is -3.93. The molecule has 2 aromatic carbocycles. The van der Waals surface area contributed by atoms with Crippen LogP contribution >= 0.6 is 11.8 Å². The molecule has 0 radical (unpaired) electrons. The van der Waals surface area contributed by atoms with Crippen LogP contribution in [0.2, 0.25) is 0 Å². The van der Waals surface area contributed by atoms with Crippen molar-refractivity contribution in [3.05, 3.63) is 45.6 Å². The Bertz CT molecular complexity index is 1430. The van der Waals surface area contributed by atoms with Gasteiger partial charge in [-0.15, -0.1) is 0 Å². The normalized spacial score (nSPS) is 15.1. The maximum atomic E-state index is 13.8. The summed E-state index contributed by atoms with van der Waals surface area (Å²) in [5.74, 6) is 0.110. The quantitative estimate of drug-likeness (QED) is 0.241. The standard InChI is InChI=1S/C32H43N3O8S/c1-17(2)14-25(31(38)35-24(32(39)40)12-13-44-7)34-23-11-9-20-21(16-26(23)37)22(33-18(3)36)10-8-19-15-27(41-4)29(42-5)30(43-6)28(19)20/h9,11,15-17,22,24-25H,8,10,12-14H2,1-7H3,(H,33,36)(H,34,37)(H,35,38)(H,39,40)/t22-,24-,25-/m1/s1. The van der Waals surface area contributed by atoms with Crippen molar-refractivity contribution in [1.29, 1.82) is 0 Å². The zero-order valence-corrected chi connectivity index (χ0v) is 27.2. The van der Waals surface area contributed by atoms with Crippen LogP contribution in [-0.2, 0) is 20.8 Å². The molecular weight excluding hydrogens is 586 g/mol. The number of carboxylic acid groups (broad SMARTS) is 1. The number of rotatable bonds is 14. The summed E-state index contributed by atoms with van der Waals surface area (Å²) in [6.07, 6.45) is 3.58. The number of thioether (sulfide) groups is 1. The number of methoxy groups -OCH3 is 3. The predicted octanol–water partition coefficient (Wildman–Crippen LogP) is 4.01. The first kappa shape index (κ1) is 34.6. The molecule has 3 atom stereocenters. The Morgan fingerprint density at radius 1 is 1.05 bits per heavy atom. The highest BCUT2D eigenvalue weighted by Crippen LogP contribution is 2.50. The van der Waals surface area contributed by atoms with E-state index in [2.05, 4.69) is 16.0 Å². The van der Waals surface area contributed by atoms with Crippen molar-refractivity contribution in [2.45, 2.75) is 64.6 Å². The van der Waals surface area contributed by atoms with Gasteiger partial charge in [-0.2, -0.15) is 11.8 Å². The Morgan fingerprint density at radius 3 is 2.32 bits per heavy atom. The largest absolute Gasteiger partial charge is 0.493 e. The van der Waals surface area contributed by atoms with Crippen LogP contribution in [0.4, 0.5) is 5.69 Å². The minimum atomic E-state index is -1.11. The van der Waals surface area contributed by atoms with Crippen molar-refractivity contribution < 1.29 is 33.7 Å². The monoisotopic (exact) mass is 629 g/mol. The number of carbonyl (C=O) groups is 3. The number of carboxylic acids is 1. The zero-order chi connectivity index (χ0) is 32.6. The van der Waals surface area contributed by atoms with E-state index >= 15 is 0 Å². The molecule has 2 aromatic rings. The fourth-order valence-electron chi connectivity index (χ4n) is 5.48. The summed E-state index contributed by atoms with van der Waals surface area (Å²) < 4.78 is 17.1. The molecule has 1 aliphatic carbocycles. The molecule has 0 saturated heterocycles. The van der Waals surface area contributed by atoms with Crippen LogP contribution in [0, 0.1) is 5.92 Å². The lowest BCUT2D eigenvalue weighted by molar-refractivity contribution is -0.142. The van der Waals surface area contributed by atoms with Crippen molar-refractivity contribution in [1.82, 2.24) is 10.6 Å². The molecule has 0 saturated carbocycles. The number of nitrogens with one attached hydrogen (secondary N) is 3. The maximum Gasteiger partial charge on any atom is 0.326 e. The lowest BCUT2D eigenvalue weighted by Gasteiger charge is -2.23. The van der Waals surface area contributed by atoms with E-state index in [0.29, 0.717) is 59.0 Å². The molecule has 0 unspecified atom stereocenters. The van der Waals surface area contributed by atoms with E-state index in [-0.39, 0.29) is 29.4 Å². The van der Waals surface area contributed by atoms with Crippen LogP contribution in [0.15, 0.2) is 29.1 Å². The van der Waals surface area contributed by atoms with Gasteiger partial charge < -0.3 is 35.3 Å². The molecule has 12 heteroatoms. The van der Waals surface area contributed by atoms with E-state index in [0.717, 1.165) is 5.56 Å². The molecule has 0 spiro atoms. The third-order valence-electron chi connectivity index (χ3n) is 7.49. The highest BCUT2D eigenvalue weighted by atomic mass is 32.2. The summed E-state index contributed by atoms with van der Waals surface area (Å²) >= 11 is 1.49. The minimum absolute atomic E-state index is 0.0692. The van der Waals surface area contributed by atoms with Gasteiger partial charge in [0.25, 0.3) is 0 Å². The molecule has 44 heavy (non-hydrogen) atoms. The van der Waals surface area contributed by atoms with Crippen LogP contribution in [0.5, 0.6) is 17.2 Å². The number of anilines is 1. The Morgan fingerprint density at radius 2 is 1.75 bits per heavy atom. The molecule has 2 amide bonds. The van der Waals surface area contributed by atoms with Gasteiger partial charge in [-0.3, -0.25) is 14.4 Å². The van der Waals surface area contributed by atoms with Crippen molar-refractivity contribution in [3.63, 3.8) is 0 Å². The van der Waals surface area contributed by atoms with Crippen LogP contribution < -0.4 is 35.6 Å². The van der Waals surface area contributed by atoms with E-state index in [1.54, 1.807) is 19.2 Å².